The van der Waals surface area contributed by atoms with Gasteiger partial charge in [-0.05, 0) is 37.5 Å². The van der Waals surface area contributed by atoms with E-state index < -0.39 is 97.5 Å². The molecule has 0 aromatic rings. The molecule has 0 fully saturated rings. The quantitative estimate of drug-likeness (QED) is 0.0222. The summed E-state index contributed by atoms with van der Waals surface area (Å²) in [6, 6.07) is 0. The zero-order valence-corrected chi connectivity index (χ0v) is 60.9. The van der Waals surface area contributed by atoms with Gasteiger partial charge in [0, 0.05) is 25.7 Å². The molecular weight excluding hydrogens is 1200 g/mol. The Morgan fingerprint density at radius 2 is 0.505 bits per heavy atom. The van der Waals surface area contributed by atoms with Crippen molar-refractivity contribution < 1.29 is 80.2 Å². The van der Waals surface area contributed by atoms with Gasteiger partial charge in [-0.3, -0.25) is 37.3 Å². The van der Waals surface area contributed by atoms with E-state index in [0.717, 1.165) is 108 Å². The van der Waals surface area contributed by atoms with Crippen LogP contribution in [0, 0.1) is 11.8 Å². The van der Waals surface area contributed by atoms with Gasteiger partial charge in [-0.2, -0.15) is 0 Å². The maximum Gasteiger partial charge on any atom is 0.472 e. The summed E-state index contributed by atoms with van der Waals surface area (Å²) in [5.74, 6) is -0.570. The minimum atomic E-state index is -4.95. The van der Waals surface area contributed by atoms with Crippen molar-refractivity contribution in [2.45, 2.75) is 387 Å². The number of hydrogen-bond donors (Lipinski definition) is 3. The van der Waals surface area contributed by atoms with Crippen LogP contribution in [0.2, 0.25) is 0 Å². The van der Waals surface area contributed by atoms with Gasteiger partial charge in [0.05, 0.1) is 26.4 Å². The molecule has 3 N–H and O–H groups in total. The molecule has 0 heterocycles. The van der Waals surface area contributed by atoms with E-state index >= 15 is 0 Å². The zero-order valence-electron chi connectivity index (χ0n) is 59.1. The highest BCUT2D eigenvalue weighted by Gasteiger charge is 2.30. The van der Waals surface area contributed by atoms with Gasteiger partial charge in [-0.15, -0.1) is 0 Å². The fourth-order valence-corrected chi connectivity index (χ4v) is 12.5. The lowest BCUT2D eigenvalue weighted by Gasteiger charge is -2.21. The number of ether oxygens (including phenoxy) is 4. The van der Waals surface area contributed by atoms with Crippen LogP contribution in [0.5, 0.6) is 0 Å². The predicted octanol–water partition coefficient (Wildman–Crippen LogP) is 20.8. The van der Waals surface area contributed by atoms with E-state index in [2.05, 4.69) is 41.5 Å². The molecule has 19 heteroatoms. The molecule has 0 aliphatic rings. The maximum absolute atomic E-state index is 13.0. The summed E-state index contributed by atoms with van der Waals surface area (Å²) in [5.41, 5.74) is 0. The van der Waals surface area contributed by atoms with E-state index in [4.69, 9.17) is 37.0 Å². The molecule has 91 heavy (non-hydrogen) atoms. The number of carbonyl (C=O) groups is 4. The Bertz CT molecular complexity index is 1770. The number of esters is 4. The Morgan fingerprint density at radius 3 is 0.747 bits per heavy atom. The Morgan fingerprint density at radius 1 is 0.297 bits per heavy atom. The molecule has 0 aliphatic heterocycles. The summed E-state index contributed by atoms with van der Waals surface area (Å²) in [6.07, 6.45) is 50.0. The number of aliphatic hydroxyl groups is 1. The molecule has 0 aromatic carbocycles. The van der Waals surface area contributed by atoms with Crippen LogP contribution in [-0.4, -0.2) is 96.7 Å². The first kappa shape index (κ1) is 89.1. The average molecular weight is 1340 g/mol. The molecular formula is C72H140O17P2. The van der Waals surface area contributed by atoms with Crippen molar-refractivity contribution in [1.29, 1.82) is 0 Å². The van der Waals surface area contributed by atoms with Crippen LogP contribution in [0.15, 0.2) is 0 Å². The first-order valence-corrected chi connectivity index (χ1v) is 40.5. The Labute approximate surface area is 556 Å². The fraction of sp³-hybridized carbons (Fsp3) is 0.944. The summed E-state index contributed by atoms with van der Waals surface area (Å²) < 4.78 is 68.3. The molecule has 540 valence electrons. The van der Waals surface area contributed by atoms with Gasteiger partial charge in [0.25, 0.3) is 0 Å². The van der Waals surface area contributed by atoms with Crippen LogP contribution < -0.4 is 0 Å². The smallest absolute Gasteiger partial charge is 0.462 e. The highest BCUT2D eigenvalue weighted by atomic mass is 31.2. The van der Waals surface area contributed by atoms with Crippen LogP contribution in [0.4, 0.5) is 0 Å². The van der Waals surface area contributed by atoms with Gasteiger partial charge < -0.3 is 33.8 Å². The molecule has 0 saturated heterocycles. The third kappa shape index (κ3) is 66.5. The Kier molecular flexibility index (Phi) is 62.7. The third-order valence-corrected chi connectivity index (χ3v) is 18.6. The minimum absolute atomic E-state index is 0.107. The summed E-state index contributed by atoms with van der Waals surface area (Å²) in [5, 5.41) is 10.6. The minimum Gasteiger partial charge on any atom is -0.462 e. The first-order valence-electron chi connectivity index (χ1n) is 37.5. The molecule has 0 spiro atoms. The van der Waals surface area contributed by atoms with Crippen molar-refractivity contribution >= 4 is 39.5 Å². The van der Waals surface area contributed by atoms with Crippen molar-refractivity contribution in [1.82, 2.24) is 0 Å². The van der Waals surface area contributed by atoms with E-state index in [0.29, 0.717) is 25.7 Å². The number of rotatable bonds is 71. The summed E-state index contributed by atoms with van der Waals surface area (Å²) in [7, 11) is -9.90. The number of unbranched alkanes of at least 4 members (excludes halogenated alkanes) is 41. The number of phosphoric acid groups is 2. The Balaban J connectivity index is 5.19. The highest BCUT2D eigenvalue weighted by molar-refractivity contribution is 7.47. The molecule has 0 saturated carbocycles. The lowest BCUT2D eigenvalue weighted by molar-refractivity contribution is -0.161. The van der Waals surface area contributed by atoms with Crippen LogP contribution in [0.3, 0.4) is 0 Å². The van der Waals surface area contributed by atoms with E-state index in [-0.39, 0.29) is 25.7 Å². The van der Waals surface area contributed by atoms with Crippen LogP contribution in [0.25, 0.3) is 0 Å². The molecule has 0 amide bonds. The molecule has 0 radical (unpaired) electrons. The van der Waals surface area contributed by atoms with Gasteiger partial charge in [-0.1, -0.05) is 318 Å². The number of aliphatic hydroxyl groups excluding tert-OH is 1. The van der Waals surface area contributed by atoms with E-state index in [9.17, 15) is 43.2 Å². The lowest BCUT2D eigenvalue weighted by atomic mass is 10.0. The third-order valence-electron chi connectivity index (χ3n) is 16.7. The molecule has 5 atom stereocenters. The van der Waals surface area contributed by atoms with Gasteiger partial charge in [0.15, 0.2) is 12.2 Å². The molecule has 0 aromatic heterocycles. The van der Waals surface area contributed by atoms with Crippen LogP contribution in [0.1, 0.15) is 369 Å². The second-order valence-corrected chi connectivity index (χ2v) is 29.8. The van der Waals surface area contributed by atoms with Crippen molar-refractivity contribution in [2.24, 2.45) is 11.8 Å². The predicted molar refractivity (Wildman–Crippen MR) is 368 cm³/mol. The van der Waals surface area contributed by atoms with E-state index in [1.54, 1.807) is 0 Å². The Hall–Kier alpha value is -1.94. The first-order chi connectivity index (χ1) is 43.9. The van der Waals surface area contributed by atoms with Crippen molar-refractivity contribution in [3.05, 3.63) is 0 Å². The molecule has 0 bridgehead atoms. The van der Waals surface area contributed by atoms with Crippen molar-refractivity contribution in [3.63, 3.8) is 0 Å². The second-order valence-electron chi connectivity index (χ2n) is 26.9. The normalized spacial score (nSPS) is 14.1. The average Bonchev–Trinajstić information content (AvgIpc) is 3.72. The molecule has 2 unspecified atom stereocenters. The molecule has 0 aliphatic carbocycles. The topological polar surface area (TPSA) is 237 Å². The summed E-state index contributed by atoms with van der Waals surface area (Å²) in [6.45, 7) is 9.55. The SMILES string of the molecule is CCCCCCCCCCCCCCC(=O)O[C@H](COC(=O)CCCCCCCCCC)COP(=O)(O)OC[C@H](O)COP(=O)(O)OC[C@@H](COC(=O)CCCCCCCCCCCC(C)C)OC(=O)CCCCCCCCCCCCCCCCCCC(C)C. The number of hydrogen-bond acceptors (Lipinski definition) is 15. The van der Waals surface area contributed by atoms with Crippen LogP contribution >= 0.6 is 15.6 Å². The summed E-state index contributed by atoms with van der Waals surface area (Å²) >= 11 is 0. The van der Waals surface area contributed by atoms with Crippen LogP contribution in [-0.2, 0) is 65.4 Å². The molecule has 17 nitrogen and oxygen atoms in total. The highest BCUT2D eigenvalue weighted by Crippen LogP contribution is 2.45. The monoisotopic (exact) mass is 1340 g/mol. The second kappa shape index (κ2) is 64.1. The van der Waals surface area contributed by atoms with Gasteiger partial charge >= 0.3 is 39.5 Å². The largest absolute Gasteiger partial charge is 0.472 e. The maximum atomic E-state index is 13.0. The van der Waals surface area contributed by atoms with Gasteiger partial charge in [0.2, 0.25) is 0 Å². The summed E-state index contributed by atoms with van der Waals surface area (Å²) in [4.78, 5) is 72.5. The number of phosphoric ester groups is 2. The van der Waals surface area contributed by atoms with E-state index in [1.807, 2.05) is 0 Å². The zero-order chi connectivity index (χ0) is 67.2. The van der Waals surface area contributed by atoms with Crippen molar-refractivity contribution in [2.75, 3.05) is 39.6 Å². The van der Waals surface area contributed by atoms with Gasteiger partial charge in [0.1, 0.15) is 19.3 Å². The lowest BCUT2D eigenvalue weighted by Crippen LogP contribution is -2.30. The van der Waals surface area contributed by atoms with E-state index in [1.165, 1.54) is 180 Å². The number of carbonyl (C=O) groups excluding carboxylic acids is 4. The standard InChI is InChI=1S/C72H140O17P2/c1-7-9-11-13-15-17-18-26-31-38-44-50-56-71(76)88-67(60-82-69(74)54-48-42-36-16-14-12-10-8-2)62-86-90(78,79)84-58-66(73)59-85-91(80,81)87-63-68(61-83-70(75)55-49-43-37-33-28-30-35-41-47-53-65(5)6)89-72(77)57-51-45-39-32-27-24-22-20-19-21-23-25-29-34-40-46-52-64(3)4/h64-68,73H,7-63H2,1-6H3,(H,78,79)(H,80,81)/t66-,67+,68+/m0/s1. The molecule has 0 rings (SSSR count). The van der Waals surface area contributed by atoms with Crippen molar-refractivity contribution in [3.8, 4) is 0 Å². The van der Waals surface area contributed by atoms with Gasteiger partial charge in [-0.25, -0.2) is 9.13 Å². The fourth-order valence-electron chi connectivity index (χ4n) is 10.9.